The highest BCUT2D eigenvalue weighted by atomic mass is 19.1. The lowest BCUT2D eigenvalue weighted by molar-refractivity contribution is 0.415. The Labute approximate surface area is 190 Å². The van der Waals surface area contributed by atoms with Crippen molar-refractivity contribution in [3.8, 4) is 45.4 Å². The normalized spacial score (nSPS) is 12.0. The zero-order chi connectivity index (χ0) is 22.5. The average Bonchev–Trinajstić information content (AvgIpc) is 3.39. The first-order valence-electron chi connectivity index (χ1n) is 10.6. The van der Waals surface area contributed by atoms with Crippen molar-refractivity contribution in [1.82, 2.24) is 14.5 Å². The van der Waals surface area contributed by atoms with Crippen molar-refractivity contribution in [2.45, 2.75) is 6.54 Å². The molecule has 0 saturated carbocycles. The summed E-state index contributed by atoms with van der Waals surface area (Å²) in [6, 6.07) is 22.6. The lowest BCUT2D eigenvalue weighted by Gasteiger charge is -2.10. The van der Waals surface area contributed by atoms with Gasteiger partial charge in [-0.15, -0.1) is 0 Å². The Bertz CT molecular complexity index is 1510. The summed E-state index contributed by atoms with van der Waals surface area (Å²) in [5, 5.41) is 0.961. The smallest absolute Gasteiger partial charge is 0.162 e. The number of rotatable bonds is 4. The van der Waals surface area contributed by atoms with Crippen LogP contribution < -0.4 is 9.47 Å². The summed E-state index contributed by atoms with van der Waals surface area (Å²) in [5.74, 6) is 1.96. The zero-order valence-corrected chi connectivity index (χ0v) is 18.2. The molecule has 2 aromatic heterocycles. The number of hydrogen-bond donors (Lipinski definition) is 0. The molecule has 33 heavy (non-hydrogen) atoms. The molecule has 3 aromatic carbocycles. The maximum atomic E-state index is 13.8. The van der Waals surface area contributed by atoms with Crippen LogP contribution in [0.25, 0.3) is 44.9 Å². The highest BCUT2D eigenvalue weighted by Gasteiger charge is 2.25. The summed E-state index contributed by atoms with van der Waals surface area (Å²) >= 11 is 0. The maximum absolute atomic E-state index is 13.8. The van der Waals surface area contributed by atoms with Crippen molar-refractivity contribution < 1.29 is 13.9 Å². The summed E-state index contributed by atoms with van der Waals surface area (Å²) in [5.41, 5.74) is 6.55. The van der Waals surface area contributed by atoms with E-state index in [0.29, 0.717) is 12.4 Å². The van der Waals surface area contributed by atoms with Gasteiger partial charge < -0.3 is 14.0 Å². The highest BCUT2D eigenvalue weighted by Crippen LogP contribution is 2.40. The van der Waals surface area contributed by atoms with E-state index >= 15 is 0 Å². The second-order valence-electron chi connectivity index (χ2n) is 8.01. The van der Waals surface area contributed by atoms with Crippen LogP contribution in [0.15, 0.2) is 72.8 Å². The summed E-state index contributed by atoms with van der Waals surface area (Å²) < 4.78 is 26.6. The van der Waals surface area contributed by atoms with Crippen LogP contribution in [0.4, 0.5) is 4.39 Å². The van der Waals surface area contributed by atoms with Crippen LogP contribution in [0.5, 0.6) is 11.5 Å². The van der Waals surface area contributed by atoms with Gasteiger partial charge in [-0.2, -0.15) is 0 Å². The molecule has 6 heteroatoms. The van der Waals surface area contributed by atoms with E-state index in [4.69, 9.17) is 19.4 Å². The summed E-state index contributed by atoms with van der Waals surface area (Å²) in [7, 11) is 3.29. The zero-order valence-electron chi connectivity index (χ0n) is 18.2. The summed E-state index contributed by atoms with van der Waals surface area (Å²) in [4.78, 5) is 9.92. The van der Waals surface area contributed by atoms with Crippen molar-refractivity contribution in [2.75, 3.05) is 14.2 Å². The first-order valence-corrected chi connectivity index (χ1v) is 10.6. The molecule has 0 spiro atoms. The number of methoxy groups -OCH3 is 2. The van der Waals surface area contributed by atoms with Crippen molar-refractivity contribution in [2.24, 2.45) is 0 Å². The molecule has 0 N–H and O–H groups in total. The van der Waals surface area contributed by atoms with Gasteiger partial charge >= 0.3 is 0 Å². The summed E-state index contributed by atoms with van der Waals surface area (Å²) in [6.07, 6.45) is 0. The van der Waals surface area contributed by atoms with E-state index in [2.05, 4.69) is 10.6 Å². The van der Waals surface area contributed by atoms with Crippen molar-refractivity contribution in [3.05, 3.63) is 84.2 Å². The molecule has 6 rings (SSSR count). The van der Waals surface area contributed by atoms with Gasteiger partial charge in [-0.3, -0.25) is 0 Å². The Hall–Kier alpha value is -4.19. The number of aromatic nitrogens is 3. The van der Waals surface area contributed by atoms with Gasteiger partial charge in [-0.1, -0.05) is 0 Å². The topological polar surface area (TPSA) is 49.2 Å². The van der Waals surface area contributed by atoms with E-state index < -0.39 is 0 Å². The molecule has 0 amide bonds. The molecule has 1 aliphatic heterocycles. The number of benzene rings is 3. The Kier molecular flexibility index (Phi) is 4.40. The van der Waals surface area contributed by atoms with Gasteiger partial charge in [0.15, 0.2) is 5.82 Å². The minimum absolute atomic E-state index is 0.226. The molecule has 1 aliphatic rings. The third kappa shape index (κ3) is 3.14. The number of fused-ring (bicyclic) bond motifs is 5. The third-order valence-corrected chi connectivity index (χ3v) is 6.14. The van der Waals surface area contributed by atoms with Gasteiger partial charge in [0.2, 0.25) is 0 Å². The van der Waals surface area contributed by atoms with Gasteiger partial charge in [0.25, 0.3) is 0 Å². The van der Waals surface area contributed by atoms with E-state index in [-0.39, 0.29) is 5.82 Å². The van der Waals surface area contributed by atoms with Gasteiger partial charge in [0.1, 0.15) is 23.0 Å². The number of halogens is 1. The number of nitrogens with zero attached hydrogens (tertiary/aromatic N) is 3. The van der Waals surface area contributed by atoms with Crippen molar-refractivity contribution in [3.63, 3.8) is 0 Å². The predicted molar refractivity (Wildman–Crippen MR) is 126 cm³/mol. The summed E-state index contributed by atoms with van der Waals surface area (Å²) in [6.45, 7) is 0.576. The molecular weight excluding hydrogens is 417 g/mol. The van der Waals surface area contributed by atoms with Crippen LogP contribution in [0.3, 0.4) is 0 Å². The SMILES string of the molecule is COc1ccc(-c2nc(-c3ccc(OC)cc3)c3cc4n(c3n2)Cc2cc(F)ccc2-4)cc1. The molecule has 0 unspecified atom stereocenters. The van der Waals surface area contributed by atoms with Crippen LogP contribution >= 0.6 is 0 Å². The first-order chi connectivity index (χ1) is 16.1. The fraction of sp³-hybridized carbons (Fsp3) is 0.111. The predicted octanol–water partition coefficient (Wildman–Crippen LogP) is 5.95. The minimum atomic E-state index is -0.226. The molecule has 3 heterocycles. The van der Waals surface area contributed by atoms with E-state index in [1.165, 1.54) is 6.07 Å². The van der Waals surface area contributed by atoms with Crippen LogP contribution in [-0.4, -0.2) is 28.8 Å². The largest absolute Gasteiger partial charge is 0.497 e. The molecule has 0 bridgehead atoms. The Morgan fingerprint density at radius 1 is 0.788 bits per heavy atom. The Morgan fingerprint density at radius 3 is 2.12 bits per heavy atom. The van der Waals surface area contributed by atoms with Crippen LogP contribution in [-0.2, 0) is 6.54 Å². The molecular formula is C27H20FN3O2. The second kappa shape index (κ2) is 7.45. The van der Waals surface area contributed by atoms with Crippen LogP contribution in [0.1, 0.15) is 5.56 Å². The lowest BCUT2D eigenvalue weighted by Crippen LogP contribution is -2.00. The quantitative estimate of drug-likeness (QED) is 0.342. The molecule has 5 nitrogen and oxygen atoms in total. The van der Waals surface area contributed by atoms with E-state index in [1.807, 2.05) is 54.6 Å². The van der Waals surface area contributed by atoms with E-state index in [1.54, 1.807) is 20.3 Å². The third-order valence-electron chi connectivity index (χ3n) is 6.14. The Balaban J connectivity index is 1.59. The van der Waals surface area contributed by atoms with Crippen LogP contribution in [0.2, 0.25) is 0 Å². The fourth-order valence-corrected chi connectivity index (χ4v) is 4.46. The second-order valence-corrected chi connectivity index (χ2v) is 8.01. The minimum Gasteiger partial charge on any atom is -0.497 e. The van der Waals surface area contributed by atoms with Gasteiger partial charge in [0.05, 0.1) is 32.2 Å². The molecule has 0 fully saturated rings. The molecule has 0 aliphatic carbocycles. The van der Waals surface area contributed by atoms with Crippen LogP contribution in [0, 0.1) is 5.82 Å². The molecule has 0 saturated heterocycles. The first kappa shape index (κ1) is 19.5. The molecule has 0 atom stereocenters. The maximum Gasteiger partial charge on any atom is 0.162 e. The van der Waals surface area contributed by atoms with Crippen molar-refractivity contribution >= 4 is 11.0 Å². The van der Waals surface area contributed by atoms with Gasteiger partial charge in [0, 0.05) is 22.1 Å². The Morgan fingerprint density at radius 2 is 1.45 bits per heavy atom. The number of hydrogen-bond acceptors (Lipinski definition) is 4. The molecule has 0 radical (unpaired) electrons. The van der Waals surface area contributed by atoms with E-state index in [9.17, 15) is 4.39 Å². The lowest BCUT2D eigenvalue weighted by atomic mass is 10.0. The molecule has 5 aromatic rings. The van der Waals surface area contributed by atoms with E-state index in [0.717, 1.165) is 56.2 Å². The average molecular weight is 437 g/mol. The molecule has 162 valence electrons. The fourth-order valence-electron chi connectivity index (χ4n) is 4.46. The van der Waals surface area contributed by atoms with Gasteiger partial charge in [-0.25, -0.2) is 14.4 Å². The monoisotopic (exact) mass is 437 g/mol. The van der Waals surface area contributed by atoms with Crippen molar-refractivity contribution in [1.29, 1.82) is 0 Å². The van der Waals surface area contributed by atoms with Gasteiger partial charge in [-0.05, 0) is 78.4 Å². The standard InChI is InChI=1S/C27H20FN3O2/c1-32-20-8-3-16(4-9-20)25-23-14-24-22-12-7-19(28)13-18(22)15-31(24)27(23)30-26(29-25)17-5-10-21(33-2)11-6-17/h3-14H,15H2,1-2H3. The highest BCUT2D eigenvalue weighted by molar-refractivity contribution is 5.97. The number of ether oxygens (including phenoxy) is 2.